The van der Waals surface area contributed by atoms with E-state index in [1.165, 1.54) is 22.1 Å². The van der Waals surface area contributed by atoms with Crippen molar-refractivity contribution in [2.45, 2.75) is 0 Å². The molecule has 0 radical (unpaired) electrons. The van der Waals surface area contributed by atoms with Crippen LogP contribution < -0.4 is 21.1 Å². The summed E-state index contributed by atoms with van der Waals surface area (Å²) < 4.78 is 8.66. The van der Waals surface area contributed by atoms with Crippen LogP contribution in [-0.4, -0.2) is 11.3 Å². The summed E-state index contributed by atoms with van der Waals surface area (Å²) in [6.07, 6.45) is 0. The molecule has 2 aliphatic heterocycles. The molecule has 0 saturated heterocycles. The van der Waals surface area contributed by atoms with Crippen LogP contribution in [0.15, 0.2) is 78.9 Å². The predicted octanol–water partition coefficient (Wildman–Crippen LogP) is 4.27. The Bertz CT molecular complexity index is 1560. The smallest absolute Gasteiger partial charge is 0.256 e. The van der Waals surface area contributed by atoms with Crippen molar-refractivity contribution in [3.05, 3.63) is 90.3 Å². The molecule has 3 heterocycles. The van der Waals surface area contributed by atoms with Crippen LogP contribution in [0.4, 0.5) is 5.69 Å². The largest absolute Gasteiger partial charge is 0.458 e. The Balaban J connectivity index is 1.77. The number of ether oxygens (including phenoxy) is 1. The summed E-state index contributed by atoms with van der Waals surface area (Å²) in [5, 5.41) is 2.14. The van der Waals surface area contributed by atoms with E-state index in [4.69, 9.17) is 11.3 Å². The maximum absolute atomic E-state index is 7.70. The number of rotatable bonds is 0. The Morgan fingerprint density at radius 2 is 1.62 bits per heavy atom. The van der Waals surface area contributed by atoms with E-state index < -0.39 is 0 Å². The lowest BCUT2D eigenvalue weighted by Gasteiger charge is -2.32. The van der Waals surface area contributed by atoms with Gasteiger partial charge in [-0.3, -0.25) is 0 Å². The normalized spacial score (nSPS) is 13.0. The summed E-state index contributed by atoms with van der Waals surface area (Å²) in [4.78, 5) is 3.82. The quantitative estimate of drug-likeness (QED) is 0.289. The lowest BCUT2D eigenvalue weighted by atomic mass is 9.34. The van der Waals surface area contributed by atoms with Gasteiger partial charge in [-0.15, -0.1) is 0 Å². The average molecular weight is 368 g/mol. The molecular weight excluding hydrogens is 355 g/mol. The molecule has 2 aliphatic rings. The number of hydrogen-bond donors (Lipinski definition) is 0. The topological polar surface area (TPSA) is 18.5 Å². The van der Waals surface area contributed by atoms with Gasteiger partial charge in [0.2, 0.25) is 0 Å². The van der Waals surface area contributed by atoms with Gasteiger partial charge < -0.3 is 9.30 Å². The molecule has 4 aromatic carbocycles. The van der Waals surface area contributed by atoms with E-state index in [-0.39, 0.29) is 6.71 Å². The van der Waals surface area contributed by atoms with Crippen molar-refractivity contribution < 1.29 is 4.74 Å². The van der Waals surface area contributed by atoms with Crippen LogP contribution in [-0.2, 0) is 0 Å². The second-order valence-corrected chi connectivity index (χ2v) is 7.62. The summed E-state index contributed by atoms with van der Waals surface area (Å²) in [5.41, 5.74) is 7.78. The zero-order valence-corrected chi connectivity index (χ0v) is 15.4. The Kier molecular flexibility index (Phi) is 2.64. The molecule has 132 valence electrons. The molecule has 0 saturated carbocycles. The van der Waals surface area contributed by atoms with Gasteiger partial charge in [-0.25, -0.2) is 4.85 Å². The minimum atomic E-state index is 0.128. The second-order valence-electron chi connectivity index (χ2n) is 7.62. The van der Waals surface area contributed by atoms with Crippen molar-refractivity contribution in [3.8, 4) is 17.2 Å². The van der Waals surface area contributed by atoms with Crippen LogP contribution in [0.5, 0.6) is 11.5 Å². The van der Waals surface area contributed by atoms with E-state index in [1.54, 1.807) is 0 Å². The molecule has 0 amide bonds. The van der Waals surface area contributed by atoms with Gasteiger partial charge in [0.25, 0.3) is 6.71 Å². The summed E-state index contributed by atoms with van der Waals surface area (Å²) in [7, 11) is 0. The van der Waals surface area contributed by atoms with Gasteiger partial charge in [0, 0.05) is 16.6 Å². The summed E-state index contributed by atoms with van der Waals surface area (Å²) in [6.45, 7) is 7.83. The first-order valence-corrected chi connectivity index (χ1v) is 9.70. The highest BCUT2D eigenvalue weighted by Crippen LogP contribution is 2.41. The van der Waals surface area contributed by atoms with Gasteiger partial charge in [0.05, 0.1) is 12.1 Å². The van der Waals surface area contributed by atoms with Crippen LogP contribution in [0.3, 0.4) is 0 Å². The van der Waals surface area contributed by atoms with Crippen LogP contribution in [0.2, 0.25) is 0 Å². The molecule has 1 aromatic heterocycles. The molecule has 4 heteroatoms. The second kappa shape index (κ2) is 5.09. The molecule has 0 N–H and O–H groups in total. The fourth-order valence-corrected chi connectivity index (χ4v) is 5.20. The summed E-state index contributed by atoms with van der Waals surface area (Å²) in [5.74, 6) is 1.83. The Labute approximate surface area is 167 Å². The fourth-order valence-electron chi connectivity index (χ4n) is 5.20. The van der Waals surface area contributed by atoms with Gasteiger partial charge in [0.1, 0.15) is 11.5 Å². The molecule has 0 unspecified atom stereocenters. The van der Waals surface area contributed by atoms with Crippen molar-refractivity contribution in [3.63, 3.8) is 0 Å². The van der Waals surface area contributed by atoms with Gasteiger partial charge in [-0.2, -0.15) is 0 Å². The van der Waals surface area contributed by atoms with E-state index in [9.17, 15) is 0 Å². The molecule has 0 bridgehead atoms. The fraction of sp³-hybridized carbons (Fsp3) is 0. The third kappa shape index (κ3) is 1.69. The van der Waals surface area contributed by atoms with E-state index in [2.05, 4.69) is 64.0 Å². The van der Waals surface area contributed by atoms with Crippen molar-refractivity contribution in [1.82, 2.24) is 4.57 Å². The van der Waals surface area contributed by atoms with Crippen LogP contribution >= 0.6 is 0 Å². The zero-order chi connectivity index (χ0) is 19.1. The molecule has 0 spiro atoms. The van der Waals surface area contributed by atoms with Gasteiger partial charge in [-0.1, -0.05) is 48.5 Å². The molecule has 0 fully saturated rings. The standard InChI is InChI=1S/C25H13BN2O/c1-27-18-9-6-11-20-23(18)15-13-14-22-24-25(15)28(20)19-10-4-2-7-16(19)26(24)17-8-3-5-12-21(17)29-22/h2-14H. The highest BCUT2D eigenvalue weighted by atomic mass is 16.5. The number of hydrogen-bond acceptors (Lipinski definition) is 1. The maximum Gasteiger partial charge on any atom is 0.256 e. The Morgan fingerprint density at radius 3 is 2.52 bits per heavy atom. The summed E-state index contributed by atoms with van der Waals surface area (Å²) >= 11 is 0. The molecule has 3 nitrogen and oxygen atoms in total. The zero-order valence-electron chi connectivity index (χ0n) is 15.4. The average Bonchev–Trinajstić information content (AvgIpc) is 3.13. The molecular formula is C25H13BN2O. The van der Waals surface area contributed by atoms with Crippen molar-refractivity contribution in [2.75, 3.05) is 0 Å². The first-order chi connectivity index (χ1) is 14.4. The molecule has 0 aliphatic carbocycles. The van der Waals surface area contributed by atoms with Crippen LogP contribution in [0, 0.1) is 6.57 Å². The summed E-state index contributed by atoms with van der Waals surface area (Å²) in [6, 6.07) is 27.1. The van der Waals surface area contributed by atoms with Crippen molar-refractivity contribution in [2.24, 2.45) is 0 Å². The number of aromatic nitrogens is 1. The van der Waals surface area contributed by atoms with E-state index >= 15 is 0 Å². The SMILES string of the molecule is [C-]#[N+]c1cccc2c1c1ccc3c4c1n2-c1ccccc1B4c1ccccc1O3. The van der Waals surface area contributed by atoms with E-state index in [0.29, 0.717) is 5.69 Å². The van der Waals surface area contributed by atoms with Gasteiger partial charge in [-0.05, 0) is 52.1 Å². The minimum absolute atomic E-state index is 0.128. The molecule has 5 aromatic rings. The minimum Gasteiger partial charge on any atom is -0.458 e. The lowest BCUT2D eigenvalue weighted by molar-refractivity contribution is 0.488. The highest BCUT2D eigenvalue weighted by molar-refractivity contribution is 6.99. The van der Waals surface area contributed by atoms with E-state index in [1.807, 2.05) is 24.3 Å². The highest BCUT2D eigenvalue weighted by Gasteiger charge is 2.40. The number of para-hydroxylation sites is 2. The number of fused-ring (bicyclic) bond motifs is 8. The third-order valence-corrected chi connectivity index (χ3v) is 6.28. The predicted molar refractivity (Wildman–Crippen MR) is 118 cm³/mol. The van der Waals surface area contributed by atoms with Crippen molar-refractivity contribution in [1.29, 1.82) is 0 Å². The van der Waals surface area contributed by atoms with Gasteiger partial charge in [0.15, 0.2) is 5.69 Å². The first kappa shape index (κ1) is 15.0. The molecule has 29 heavy (non-hydrogen) atoms. The monoisotopic (exact) mass is 368 g/mol. The Hall–Kier alpha value is -3.97. The number of nitrogens with zero attached hydrogens (tertiary/aromatic N) is 2. The third-order valence-electron chi connectivity index (χ3n) is 6.28. The Morgan fingerprint density at radius 1 is 0.793 bits per heavy atom. The lowest BCUT2D eigenvalue weighted by Crippen LogP contribution is -2.58. The van der Waals surface area contributed by atoms with Crippen molar-refractivity contribution >= 4 is 50.6 Å². The van der Waals surface area contributed by atoms with Crippen LogP contribution in [0.1, 0.15) is 0 Å². The van der Waals surface area contributed by atoms with Crippen LogP contribution in [0.25, 0.3) is 32.3 Å². The maximum atomic E-state index is 7.70. The number of benzene rings is 4. The molecule has 0 atom stereocenters. The molecule has 7 rings (SSSR count). The van der Waals surface area contributed by atoms with E-state index in [0.717, 1.165) is 33.3 Å². The van der Waals surface area contributed by atoms with Gasteiger partial charge >= 0.3 is 0 Å². The first-order valence-electron chi connectivity index (χ1n) is 9.70.